The molecule has 1 heterocycles. The molecule has 2 aliphatic rings. The first kappa shape index (κ1) is 10.7. The molecule has 1 aromatic rings. The Kier molecular flexibility index (Phi) is 2.58. The molecule has 0 radical (unpaired) electrons. The molecular weight excluding hydrogens is 218 g/mol. The van der Waals surface area contributed by atoms with E-state index in [-0.39, 0.29) is 17.8 Å². The lowest BCUT2D eigenvalue weighted by Crippen LogP contribution is -2.38. The molecule has 0 aliphatic heterocycles. The Balaban J connectivity index is 1.53. The lowest BCUT2D eigenvalue weighted by molar-refractivity contribution is 0.0940. The van der Waals surface area contributed by atoms with E-state index in [0.29, 0.717) is 18.4 Å². The summed E-state index contributed by atoms with van der Waals surface area (Å²) >= 11 is 0. The first-order chi connectivity index (χ1) is 8.24. The molecule has 92 valence electrons. The fraction of sp³-hybridized carbons (Fsp3) is 0.727. The van der Waals surface area contributed by atoms with Gasteiger partial charge in [0.2, 0.25) is 5.82 Å². The smallest absolute Gasteiger partial charge is 0.291 e. The molecule has 6 nitrogen and oxygen atoms in total. The van der Waals surface area contributed by atoms with Crippen LogP contribution in [-0.4, -0.2) is 33.7 Å². The summed E-state index contributed by atoms with van der Waals surface area (Å²) in [6.07, 6.45) is 4.65. The van der Waals surface area contributed by atoms with Crippen molar-refractivity contribution in [3.05, 3.63) is 11.6 Å². The summed E-state index contributed by atoms with van der Waals surface area (Å²) < 4.78 is 0. The lowest BCUT2D eigenvalue weighted by Gasteiger charge is -2.09. The van der Waals surface area contributed by atoms with E-state index in [9.17, 15) is 4.79 Å². The maximum Gasteiger partial charge on any atom is 0.291 e. The van der Waals surface area contributed by atoms with E-state index in [1.54, 1.807) is 0 Å². The monoisotopic (exact) mass is 235 g/mol. The zero-order chi connectivity index (χ0) is 11.8. The van der Waals surface area contributed by atoms with Crippen LogP contribution in [-0.2, 0) is 0 Å². The summed E-state index contributed by atoms with van der Waals surface area (Å²) in [5.74, 6) is 1.91. The first-order valence-electron chi connectivity index (χ1n) is 6.20. The minimum Gasteiger partial charge on any atom is -0.348 e. The second kappa shape index (κ2) is 4.10. The summed E-state index contributed by atoms with van der Waals surface area (Å²) in [5.41, 5.74) is 5.91. The molecule has 17 heavy (non-hydrogen) atoms. The normalized spacial score (nSPS) is 21.2. The Labute approximate surface area is 99.4 Å². The molecule has 1 amide bonds. The molecule has 0 bridgehead atoms. The van der Waals surface area contributed by atoms with Crippen molar-refractivity contribution in [3.8, 4) is 0 Å². The van der Waals surface area contributed by atoms with Gasteiger partial charge in [-0.15, -0.1) is 5.10 Å². The van der Waals surface area contributed by atoms with E-state index in [1.807, 2.05) is 0 Å². The molecule has 2 fully saturated rings. The molecule has 4 N–H and O–H groups in total. The Bertz CT molecular complexity index is 421. The van der Waals surface area contributed by atoms with Crippen LogP contribution in [0.3, 0.4) is 0 Å². The molecule has 0 aromatic carbocycles. The van der Waals surface area contributed by atoms with Crippen LogP contribution in [0.2, 0.25) is 0 Å². The van der Waals surface area contributed by atoms with Gasteiger partial charge in [0.05, 0.1) is 0 Å². The largest absolute Gasteiger partial charge is 0.348 e. The van der Waals surface area contributed by atoms with Gasteiger partial charge in [0.25, 0.3) is 5.91 Å². The fourth-order valence-electron chi connectivity index (χ4n) is 1.90. The third kappa shape index (κ3) is 2.46. The molecule has 2 aliphatic carbocycles. The van der Waals surface area contributed by atoms with Crippen LogP contribution in [0, 0.1) is 5.92 Å². The van der Waals surface area contributed by atoms with Crippen LogP contribution >= 0.6 is 0 Å². The maximum absolute atomic E-state index is 11.7. The molecule has 0 spiro atoms. The zero-order valence-electron chi connectivity index (χ0n) is 9.65. The molecule has 2 saturated carbocycles. The number of carbonyl (C=O) groups excluding carboxylic acids is 1. The molecule has 1 unspecified atom stereocenters. The highest BCUT2D eigenvalue weighted by molar-refractivity contribution is 5.90. The van der Waals surface area contributed by atoms with Gasteiger partial charge in [0, 0.05) is 18.5 Å². The van der Waals surface area contributed by atoms with Gasteiger partial charge in [0.15, 0.2) is 0 Å². The number of carbonyl (C=O) groups is 1. The number of hydrogen-bond acceptors (Lipinski definition) is 4. The van der Waals surface area contributed by atoms with E-state index in [0.717, 1.165) is 18.7 Å². The minimum atomic E-state index is -0.232. The van der Waals surface area contributed by atoms with Gasteiger partial charge in [-0.3, -0.25) is 9.89 Å². The van der Waals surface area contributed by atoms with E-state index >= 15 is 0 Å². The van der Waals surface area contributed by atoms with Crippen LogP contribution in [0.15, 0.2) is 0 Å². The lowest BCUT2D eigenvalue weighted by atomic mass is 10.2. The second-order valence-electron chi connectivity index (χ2n) is 5.03. The van der Waals surface area contributed by atoms with Gasteiger partial charge in [-0.25, -0.2) is 4.98 Å². The van der Waals surface area contributed by atoms with Crippen LogP contribution in [0.5, 0.6) is 0 Å². The van der Waals surface area contributed by atoms with Gasteiger partial charge < -0.3 is 11.1 Å². The Hall–Kier alpha value is -1.43. The SMILES string of the molecule is NC(CNC(=O)c1n[nH]c(C2CC2)n1)C1CC1. The fourth-order valence-corrected chi connectivity index (χ4v) is 1.90. The Morgan fingerprint density at radius 2 is 2.24 bits per heavy atom. The highest BCUT2D eigenvalue weighted by Gasteiger charge is 2.30. The number of H-pyrrole nitrogens is 1. The second-order valence-corrected chi connectivity index (χ2v) is 5.03. The topological polar surface area (TPSA) is 96.7 Å². The van der Waals surface area contributed by atoms with E-state index in [1.165, 1.54) is 12.8 Å². The van der Waals surface area contributed by atoms with Crippen molar-refractivity contribution < 1.29 is 4.79 Å². The average Bonchev–Trinajstić information content (AvgIpc) is 3.23. The van der Waals surface area contributed by atoms with Crippen molar-refractivity contribution in [2.45, 2.75) is 37.6 Å². The Morgan fingerprint density at radius 3 is 2.88 bits per heavy atom. The van der Waals surface area contributed by atoms with E-state index in [4.69, 9.17) is 5.73 Å². The first-order valence-corrected chi connectivity index (χ1v) is 6.20. The summed E-state index contributed by atoms with van der Waals surface area (Å²) in [4.78, 5) is 15.9. The van der Waals surface area contributed by atoms with Crippen molar-refractivity contribution >= 4 is 5.91 Å². The Morgan fingerprint density at radius 1 is 1.47 bits per heavy atom. The minimum absolute atomic E-state index is 0.0702. The van der Waals surface area contributed by atoms with Crippen molar-refractivity contribution in [1.82, 2.24) is 20.5 Å². The number of rotatable bonds is 5. The summed E-state index contributed by atoms with van der Waals surface area (Å²) in [6, 6.07) is 0.0702. The molecule has 1 aromatic heterocycles. The number of aromatic amines is 1. The van der Waals surface area contributed by atoms with Crippen molar-refractivity contribution in [2.24, 2.45) is 11.7 Å². The number of hydrogen-bond donors (Lipinski definition) is 3. The molecule has 0 saturated heterocycles. The van der Waals surface area contributed by atoms with E-state index in [2.05, 4.69) is 20.5 Å². The van der Waals surface area contributed by atoms with Gasteiger partial charge in [-0.1, -0.05) is 0 Å². The van der Waals surface area contributed by atoms with Gasteiger partial charge in [-0.05, 0) is 31.6 Å². The van der Waals surface area contributed by atoms with Crippen LogP contribution in [0.1, 0.15) is 48.0 Å². The maximum atomic E-state index is 11.7. The van der Waals surface area contributed by atoms with Gasteiger partial charge >= 0.3 is 0 Å². The predicted octanol–water partition coefficient (Wildman–Crippen LogP) is 0.149. The number of aromatic nitrogens is 3. The van der Waals surface area contributed by atoms with Crippen LogP contribution < -0.4 is 11.1 Å². The van der Waals surface area contributed by atoms with Crippen LogP contribution in [0.25, 0.3) is 0 Å². The standard InChI is InChI=1S/C11H17N5O/c12-8(6-1-2-6)5-13-11(17)10-14-9(15-16-10)7-3-4-7/h6-8H,1-5,12H2,(H,13,17)(H,14,15,16). The van der Waals surface area contributed by atoms with Crippen molar-refractivity contribution in [1.29, 1.82) is 0 Å². The molecular formula is C11H17N5O. The highest BCUT2D eigenvalue weighted by atomic mass is 16.2. The average molecular weight is 235 g/mol. The highest BCUT2D eigenvalue weighted by Crippen LogP contribution is 2.37. The number of nitrogens with one attached hydrogen (secondary N) is 2. The third-order valence-corrected chi connectivity index (χ3v) is 3.40. The van der Waals surface area contributed by atoms with Gasteiger partial charge in [-0.2, -0.15) is 0 Å². The van der Waals surface area contributed by atoms with E-state index < -0.39 is 0 Å². The van der Waals surface area contributed by atoms with Gasteiger partial charge in [0.1, 0.15) is 5.82 Å². The summed E-state index contributed by atoms with van der Waals surface area (Å²) in [7, 11) is 0. The van der Waals surface area contributed by atoms with Crippen LogP contribution in [0.4, 0.5) is 0 Å². The molecule has 6 heteroatoms. The van der Waals surface area contributed by atoms with Crippen molar-refractivity contribution in [2.75, 3.05) is 6.54 Å². The quantitative estimate of drug-likeness (QED) is 0.676. The predicted molar refractivity (Wildman–Crippen MR) is 61.4 cm³/mol. The number of nitrogens with two attached hydrogens (primary N) is 1. The summed E-state index contributed by atoms with van der Waals surface area (Å²) in [5, 5.41) is 9.53. The number of nitrogens with zero attached hydrogens (tertiary/aromatic N) is 2. The molecule has 1 atom stereocenters. The van der Waals surface area contributed by atoms with Crippen molar-refractivity contribution in [3.63, 3.8) is 0 Å². The number of amides is 1. The molecule has 3 rings (SSSR count). The third-order valence-electron chi connectivity index (χ3n) is 3.40. The zero-order valence-corrected chi connectivity index (χ0v) is 9.65. The summed E-state index contributed by atoms with van der Waals surface area (Å²) in [6.45, 7) is 0.511.